The lowest BCUT2D eigenvalue weighted by molar-refractivity contribution is 0.00578. The van der Waals surface area contributed by atoms with Crippen LogP contribution in [0.15, 0.2) is 141 Å². The first kappa shape index (κ1) is 30.2. The van der Waals surface area contributed by atoms with Crippen molar-refractivity contribution in [2.75, 3.05) is 6.54 Å². The third-order valence-corrected chi connectivity index (χ3v) is 9.43. The van der Waals surface area contributed by atoms with E-state index < -0.39 is 18.3 Å². The van der Waals surface area contributed by atoms with E-state index in [0.717, 1.165) is 51.4 Å². The summed E-state index contributed by atoms with van der Waals surface area (Å²) in [5, 5.41) is 2.02. The van der Waals surface area contributed by atoms with Crippen molar-refractivity contribution in [1.82, 2.24) is 0 Å². The van der Waals surface area contributed by atoms with E-state index in [-0.39, 0.29) is 0 Å². The SMILES string of the molecule is CC1(C)OB(c2ccc3oc4cccc(C=NC(=NCC5C=C(C6=CC=CC=CC6)C=CC5)c5ccccc5)c4c3c2)OC1(C)C. The molecule has 1 atom stereocenters. The van der Waals surface area contributed by atoms with Crippen LogP contribution in [0.4, 0.5) is 0 Å². The summed E-state index contributed by atoms with van der Waals surface area (Å²) in [6.07, 6.45) is 21.4. The van der Waals surface area contributed by atoms with Gasteiger partial charge in [-0.05, 0) is 69.3 Å². The molecule has 230 valence electrons. The molecule has 0 saturated carbocycles. The molecule has 1 unspecified atom stereocenters. The van der Waals surface area contributed by atoms with Gasteiger partial charge in [0, 0.05) is 40.6 Å². The molecule has 1 saturated heterocycles. The molecule has 2 heterocycles. The molecule has 0 amide bonds. The maximum Gasteiger partial charge on any atom is 0.494 e. The highest BCUT2D eigenvalue weighted by atomic mass is 16.7. The van der Waals surface area contributed by atoms with Gasteiger partial charge in [-0.1, -0.05) is 103 Å². The molecule has 0 N–H and O–H groups in total. The largest absolute Gasteiger partial charge is 0.494 e. The number of hydrogen-bond acceptors (Lipinski definition) is 4. The summed E-state index contributed by atoms with van der Waals surface area (Å²) in [7, 11) is -0.451. The van der Waals surface area contributed by atoms with E-state index >= 15 is 0 Å². The molecule has 1 aliphatic heterocycles. The zero-order valence-electron chi connectivity index (χ0n) is 26.9. The molecule has 3 aromatic carbocycles. The quantitative estimate of drug-likeness (QED) is 0.125. The second-order valence-corrected chi connectivity index (χ2v) is 13.2. The van der Waals surface area contributed by atoms with Crippen molar-refractivity contribution in [3.8, 4) is 0 Å². The summed E-state index contributed by atoms with van der Waals surface area (Å²) in [5.74, 6) is 1.02. The van der Waals surface area contributed by atoms with Gasteiger partial charge in [0.2, 0.25) is 0 Å². The van der Waals surface area contributed by atoms with E-state index in [9.17, 15) is 0 Å². The number of aliphatic imine (C=N–C) groups is 2. The predicted molar refractivity (Wildman–Crippen MR) is 191 cm³/mol. The van der Waals surface area contributed by atoms with Crippen LogP contribution in [0.3, 0.4) is 0 Å². The lowest BCUT2D eigenvalue weighted by atomic mass is 9.78. The highest BCUT2D eigenvalue weighted by molar-refractivity contribution is 6.62. The van der Waals surface area contributed by atoms with Gasteiger partial charge in [-0.15, -0.1) is 0 Å². The Bertz CT molecular complexity index is 1970. The van der Waals surface area contributed by atoms with Crippen LogP contribution in [-0.2, 0) is 9.31 Å². The first-order chi connectivity index (χ1) is 22.3. The Morgan fingerprint density at radius 1 is 0.891 bits per heavy atom. The van der Waals surface area contributed by atoms with Crippen LogP contribution in [0.25, 0.3) is 21.9 Å². The van der Waals surface area contributed by atoms with Crippen LogP contribution in [0.1, 0.15) is 51.7 Å². The van der Waals surface area contributed by atoms with Crippen molar-refractivity contribution in [2.45, 2.75) is 51.7 Å². The monoisotopic (exact) mass is 606 g/mol. The summed E-state index contributed by atoms with van der Waals surface area (Å²) in [6, 6.07) is 22.5. The minimum atomic E-state index is -0.451. The lowest BCUT2D eigenvalue weighted by Crippen LogP contribution is -2.41. The first-order valence-corrected chi connectivity index (χ1v) is 16.1. The third-order valence-electron chi connectivity index (χ3n) is 9.43. The molecule has 1 aromatic heterocycles. The van der Waals surface area contributed by atoms with Gasteiger partial charge < -0.3 is 13.7 Å². The number of nitrogens with zero attached hydrogens (tertiary/aromatic N) is 2. The molecule has 5 nitrogen and oxygen atoms in total. The number of benzene rings is 3. The van der Waals surface area contributed by atoms with Crippen LogP contribution in [0, 0.1) is 5.92 Å². The third kappa shape index (κ3) is 6.03. The Labute approximate surface area is 271 Å². The average Bonchev–Trinajstić information content (AvgIpc) is 3.37. The fraction of sp³-hybridized carbons (Fsp3) is 0.250. The maximum absolute atomic E-state index is 6.36. The second kappa shape index (κ2) is 12.4. The second-order valence-electron chi connectivity index (χ2n) is 13.2. The van der Waals surface area contributed by atoms with Gasteiger partial charge in [-0.25, -0.2) is 4.99 Å². The molecule has 3 aliphatic rings. The molecule has 46 heavy (non-hydrogen) atoms. The number of hydrogen-bond donors (Lipinski definition) is 0. The highest BCUT2D eigenvalue weighted by Gasteiger charge is 2.51. The Morgan fingerprint density at radius 2 is 1.72 bits per heavy atom. The summed E-state index contributed by atoms with van der Waals surface area (Å²) in [4.78, 5) is 10.1. The standard InChI is InChI=1S/C40H39BN2O3/c1-39(2)40(3,4)46-41(45-39)33-22-23-35-34(25-33)37-32(20-13-21-36(37)44-35)27-43-38(30-17-10-7-11-18-30)42-26-28-14-12-19-31(24-28)29-15-8-5-6-9-16-29/h5-13,15,17-25,27-28H,14,16,26H2,1-4H3. The predicted octanol–water partition coefficient (Wildman–Crippen LogP) is 8.70. The Morgan fingerprint density at radius 3 is 2.54 bits per heavy atom. The normalized spacial score (nSPS) is 20.9. The van der Waals surface area contributed by atoms with Crippen LogP contribution in [0.5, 0.6) is 0 Å². The molecular weight excluding hydrogens is 567 g/mol. The van der Waals surface area contributed by atoms with Gasteiger partial charge in [-0.2, -0.15) is 0 Å². The minimum absolute atomic E-state index is 0.306. The molecule has 6 heteroatoms. The van der Waals surface area contributed by atoms with E-state index in [1.54, 1.807) is 0 Å². The Kier molecular flexibility index (Phi) is 8.10. The van der Waals surface area contributed by atoms with Crippen molar-refractivity contribution in [3.63, 3.8) is 0 Å². The molecule has 0 spiro atoms. The van der Waals surface area contributed by atoms with E-state index in [0.29, 0.717) is 18.3 Å². The topological polar surface area (TPSA) is 56.3 Å². The van der Waals surface area contributed by atoms with Crippen molar-refractivity contribution in [3.05, 3.63) is 138 Å². The van der Waals surface area contributed by atoms with Crippen molar-refractivity contribution < 1.29 is 13.7 Å². The molecule has 2 aliphatic carbocycles. The van der Waals surface area contributed by atoms with Crippen LogP contribution >= 0.6 is 0 Å². The van der Waals surface area contributed by atoms with Gasteiger partial charge in [0.05, 0.1) is 11.2 Å². The van der Waals surface area contributed by atoms with E-state index in [1.807, 2.05) is 48.7 Å². The maximum atomic E-state index is 6.36. The molecule has 7 rings (SSSR count). The molecular formula is C40H39BN2O3. The van der Waals surface area contributed by atoms with Crippen molar-refractivity contribution in [1.29, 1.82) is 0 Å². The molecule has 1 fully saturated rings. The zero-order valence-corrected chi connectivity index (χ0v) is 26.9. The fourth-order valence-electron chi connectivity index (χ4n) is 6.11. The Hall–Kier alpha value is -4.52. The van der Waals surface area contributed by atoms with Crippen molar-refractivity contribution >= 4 is 46.6 Å². The van der Waals surface area contributed by atoms with E-state index in [2.05, 4.69) is 101 Å². The Balaban J connectivity index is 1.21. The van der Waals surface area contributed by atoms with Crippen LogP contribution in [0.2, 0.25) is 0 Å². The lowest BCUT2D eigenvalue weighted by Gasteiger charge is -2.32. The summed E-state index contributed by atoms with van der Waals surface area (Å²) >= 11 is 0. The van der Waals surface area contributed by atoms with Crippen LogP contribution in [-0.4, -0.2) is 36.9 Å². The van der Waals surface area contributed by atoms with Crippen LogP contribution < -0.4 is 5.46 Å². The zero-order chi connectivity index (χ0) is 31.7. The number of allylic oxidation sites excluding steroid dienone is 9. The minimum Gasteiger partial charge on any atom is -0.456 e. The number of amidine groups is 1. The molecule has 0 radical (unpaired) electrons. The van der Waals surface area contributed by atoms with Gasteiger partial charge in [-0.3, -0.25) is 4.99 Å². The summed E-state index contributed by atoms with van der Waals surface area (Å²) in [5.41, 5.74) is 6.34. The fourth-order valence-corrected chi connectivity index (χ4v) is 6.11. The van der Waals surface area contributed by atoms with Gasteiger partial charge >= 0.3 is 7.12 Å². The highest BCUT2D eigenvalue weighted by Crippen LogP contribution is 2.37. The number of fused-ring (bicyclic) bond motifs is 3. The van der Waals surface area contributed by atoms with Gasteiger partial charge in [0.15, 0.2) is 5.84 Å². The smallest absolute Gasteiger partial charge is 0.456 e. The summed E-state index contributed by atoms with van der Waals surface area (Å²) < 4.78 is 19.0. The first-order valence-electron chi connectivity index (χ1n) is 16.1. The number of furan rings is 1. The van der Waals surface area contributed by atoms with E-state index in [4.69, 9.17) is 23.7 Å². The average molecular weight is 607 g/mol. The molecule has 4 aromatic rings. The van der Waals surface area contributed by atoms with Gasteiger partial charge in [0.1, 0.15) is 11.2 Å². The summed E-state index contributed by atoms with van der Waals surface area (Å²) in [6.45, 7) is 8.95. The van der Waals surface area contributed by atoms with Gasteiger partial charge in [0.25, 0.3) is 0 Å². The van der Waals surface area contributed by atoms with E-state index in [1.165, 1.54) is 11.1 Å². The molecule has 0 bridgehead atoms. The van der Waals surface area contributed by atoms with Crippen molar-refractivity contribution in [2.24, 2.45) is 15.9 Å². The number of rotatable bonds is 6.